The number of nitrogens with one attached hydrogen (secondary N) is 2. The molecule has 0 radical (unpaired) electrons. The lowest BCUT2D eigenvalue weighted by Crippen LogP contribution is -2.21. The first kappa shape index (κ1) is 22.9. The Morgan fingerprint density at radius 2 is 1.91 bits per heavy atom. The fourth-order valence-corrected chi connectivity index (χ4v) is 4.25. The molecule has 2 N–H and O–H groups in total. The van der Waals surface area contributed by atoms with Crippen molar-refractivity contribution < 1.29 is 9.47 Å². The average molecular weight is 474 g/mol. The van der Waals surface area contributed by atoms with Gasteiger partial charge in [0.25, 0.3) is 0 Å². The molecule has 1 aromatic carbocycles. The summed E-state index contributed by atoms with van der Waals surface area (Å²) in [6.07, 6.45) is 11.1. The van der Waals surface area contributed by atoms with Crippen LogP contribution in [0.1, 0.15) is 24.8 Å². The number of nitrogens with zero attached hydrogens (tertiary/aromatic N) is 5. The van der Waals surface area contributed by atoms with Crippen LogP contribution in [-0.2, 0) is 6.54 Å². The normalized spacial score (nSPS) is 13.7. The van der Waals surface area contributed by atoms with Crippen LogP contribution in [0, 0.1) is 0 Å². The molecule has 1 aliphatic heterocycles. The lowest BCUT2D eigenvalue weighted by atomic mass is 10.2. The van der Waals surface area contributed by atoms with Crippen LogP contribution >= 0.6 is 0 Å². The minimum Gasteiger partial charge on any atom is -0.493 e. The smallest absolute Gasteiger partial charge is 0.229 e. The molecular weight excluding hydrogens is 442 g/mol. The highest BCUT2D eigenvalue weighted by atomic mass is 16.5. The van der Waals surface area contributed by atoms with Crippen molar-refractivity contribution in [3.8, 4) is 11.5 Å². The molecule has 0 bridgehead atoms. The van der Waals surface area contributed by atoms with Gasteiger partial charge in [0.15, 0.2) is 11.5 Å². The Kier molecular flexibility index (Phi) is 7.24. The highest BCUT2D eigenvalue weighted by molar-refractivity contribution is 5.60. The molecule has 9 heteroatoms. The predicted octanol–water partition coefficient (Wildman–Crippen LogP) is 4.35. The minimum atomic E-state index is 0.505. The molecule has 3 aromatic heterocycles. The van der Waals surface area contributed by atoms with Gasteiger partial charge in [0, 0.05) is 49.6 Å². The average Bonchev–Trinajstić information content (AvgIpc) is 3.58. The van der Waals surface area contributed by atoms with Gasteiger partial charge < -0.3 is 29.4 Å². The summed E-state index contributed by atoms with van der Waals surface area (Å²) in [5.41, 5.74) is 2.89. The van der Waals surface area contributed by atoms with Crippen LogP contribution in [0.5, 0.6) is 11.5 Å². The molecule has 1 aliphatic rings. The highest BCUT2D eigenvalue weighted by Crippen LogP contribution is 2.31. The molecule has 5 rings (SSSR count). The summed E-state index contributed by atoms with van der Waals surface area (Å²) < 4.78 is 13.5. The lowest BCUT2D eigenvalue weighted by molar-refractivity contribution is 0.254. The van der Waals surface area contributed by atoms with E-state index in [0.717, 1.165) is 35.7 Å². The number of anilines is 3. The van der Waals surface area contributed by atoms with Crippen LogP contribution in [0.15, 0.2) is 61.2 Å². The van der Waals surface area contributed by atoms with E-state index in [1.807, 2.05) is 40.9 Å². The van der Waals surface area contributed by atoms with E-state index in [2.05, 4.69) is 42.7 Å². The van der Waals surface area contributed by atoms with Gasteiger partial charge in [-0.15, -0.1) is 0 Å². The molecule has 4 aromatic rings. The van der Waals surface area contributed by atoms with E-state index in [9.17, 15) is 0 Å². The lowest BCUT2D eigenvalue weighted by Gasteiger charge is -2.16. The van der Waals surface area contributed by atoms with E-state index >= 15 is 0 Å². The second-order valence-electron chi connectivity index (χ2n) is 8.59. The van der Waals surface area contributed by atoms with Crippen LogP contribution in [0.3, 0.4) is 0 Å². The summed E-state index contributed by atoms with van der Waals surface area (Å²) in [4.78, 5) is 15.7. The largest absolute Gasteiger partial charge is 0.493 e. The van der Waals surface area contributed by atoms with Crippen LogP contribution in [-0.4, -0.2) is 57.6 Å². The van der Waals surface area contributed by atoms with Gasteiger partial charge in [-0.25, -0.2) is 9.97 Å². The quantitative estimate of drug-likeness (QED) is 0.311. The summed E-state index contributed by atoms with van der Waals surface area (Å²) in [6.45, 7) is 4.77. The van der Waals surface area contributed by atoms with Gasteiger partial charge >= 0.3 is 0 Å². The summed E-state index contributed by atoms with van der Waals surface area (Å²) in [6, 6.07) is 11.7. The maximum Gasteiger partial charge on any atom is 0.229 e. The fourth-order valence-electron chi connectivity index (χ4n) is 4.25. The molecular formula is C26H31N7O2. The third-order valence-corrected chi connectivity index (χ3v) is 6.07. The highest BCUT2D eigenvalue weighted by Gasteiger charge is 2.12. The SMILES string of the molecule is COc1ccc(Nc2nccc(NCc3ccc4nccn4c3)n2)cc1OCCCN1CCCC1. The number of hydrogen-bond donors (Lipinski definition) is 2. The molecule has 0 saturated carbocycles. The first-order valence-electron chi connectivity index (χ1n) is 12.1. The Morgan fingerprint density at radius 3 is 2.80 bits per heavy atom. The topological polar surface area (TPSA) is 88.8 Å². The van der Waals surface area contributed by atoms with Crippen LogP contribution < -0.4 is 20.1 Å². The van der Waals surface area contributed by atoms with Crippen LogP contribution in [0.4, 0.5) is 17.5 Å². The van der Waals surface area contributed by atoms with Gasteiger partial charge in [-0.05, 0) is 62.2 Å². The first-order valence-corrected chi connectivity index (χ1v) is 12.1. The Labute approximate surface area is 205 Å². The summed E-state index contributed by atoms with van der Waals surface area (Å²) in [5.74, 6) is 2.66. The molecule has 4 heterocycles. The Balaban J connectivity index is 1.18. The zero-order valence-corrected chi connectivity index (χ0v) is 20.0. The van der Waals surface area contributed by atoms with E-state index < -0.39 is 0 Å². The summed E-state index contributed by atoms with van der Waals surface area (Å²) in [7, 11) is 1.66. The number of ether oxygens (including phenoxy) is 2. The van der Waals surface area contributed by atoms with Crippen molar-refractivity contribution in [2.75, 3.05) is 44.0 Å². The van der Waals surface area contributed by atoms with Crippen molar-refractivity contribution >= 4 is 23.1 Å². The van der Waals surface area contributed by atoms with E-state index in [-0.39, 0.29) is 0 Å². The standard InChI is InChI=1S/C26H31N7O2/c1-34-22-7-6-21(17-23(22)35-16-4-14-32-12-2-3-13-32)30-26-28-10-9-24(31-26)29-18-20-5-8-25-27-11-15-33(25)19-20/h5-11,15,17,19H,2-4,12-14,16,18H2,1H3,(H2,28,29,30,31). The van der Waals surface area contributed by atoms with Gasteiger partial charge in [0.05, 0.1) is 13.7 Å². The van der Waals surface area contributed by atoms with Gasteiger partial charge in [-0.2, -0.15) is 4.98 Å². The van der Waals surface area contributed by atoms with Crippen molar-refractivity contribution in [2.24, 2.45) is 0 Å². The van der Waals surface area contributed by atoms with Crippen molar-refractivity contribution in [1.82, 2.24) is 24.3 Å². The molecule has 35 heavy (non-hydrogen) atoms. The minimum absolute atomic E-state index is 0.505. The Hall–Kier alpha value is -3.85. The number of imidazole rings is 1. The summed E-state index contributed by atoms with van der Waals surface area (Å²) in [5, 5.41) is 6.63. The van der Waals surface area contributed by atoms with E-state index in [1.165, 1.54) is 25.9 Å². The maximum atomic E-state index is 6.05. The molecule has 182 valence electrons. The van der Waals surface area contributed by atoms with E-state index in [1.54, 1.807) is 19.5 Å². The molecule has 0 amide bonds. The van der Waals surface area contributed by atoms with Gasteiger partial charge in [-0.3, -0.25) is 0 Å². The monoisotopic (exact) mass is 473 g/mol. The third kappa shape index (κ3) is 5.99. The second-order valence-corrected chi connectivity index (χ2v) is 8.59. The third-order valence-electron chi connectivity index (χ3n) is 6.07. The number of benzene rings is 1. The molecule has 0 atom stereocenters. The number of hydrogen-bond acceptors (Lipinski definition) is 8. The second kappa shape index (κ2) is 11.1. The van der Waals surface area contributed by atoms with E-state index in [0.29, 0.717) is 30.6 Å². The Morgan fingerprint density at radius 1 is 1.00 bits per heavy atom. The van der Waals surface area contributed by atoms with Gasteiger partial charge in [0.1, 0.15) is 11.5 Å². The van der Waals surface area contributed by atoms with E-state index in [4.69, 9.17) is 9.47 Å². The Bertz CT molecular complexity index is 1250. The van der Waals surface area contributed by atoms with Crippen molar-refractivity contribution in [2.45, 2.75) is 25.8 Å². The number of likely N-dealkylation sites (tertiary alicyclic amines) is 1. The number of fused-ring (bicyclic) bond motifs is 1. The molecule has 1 fully saturated rings. The van der Waals surface area contributed by atoms with Gasteiger partial charge in [0.2, 0.25) is 5.95 Å². The number of aromatic nitrogens is 4. The molecule has 0 unspecified atom stereocenters. The number of rotatable bonds is 11. The first-order chi connectivity index (χ1) is 17.3. The molecule has 0 aliphatic carbocycles. The molecule has 0 spiro atoms. The molecule has 1 saturated heterocycles. The number of pyridine rings is 1. The van der Waals surface area contributed by atoms with Crippen molar-refractivity contribution in [3.63, 3.8) is 0 Å². The number of methoxy groups -OCH3 is 1. The molecule has 9 nitrogen and oxygen atoms in total. The van der Waals surface area contributed by atoms with Crippen molar-refractivity contribution in [1.29, 1.82) is 0 Å². The van der Waals surface area contributed by atoms with Crippen molar-refractivity contribution in [3.05, 3.63) is 66.7 Å². The summed E-state index contributed by atoms with van der Waals surface area (Å²) >= 11 is 0. The zero-order valence-electron chi connectivity index (χ0n) is 20.0. The van der Waals surface area contributed by atoms with Crippen LogP contribution in [0.25, 0.3) is 5.65 Å². The predicted molar refractivity (Wildman–Crippen MR) is 137 cm³/mol. The van der Waals surface area contributed by atoms with Gasteiger partial charge in [-0.1, -0.05) is 6.07 Å². The fraction of sp³-hybridized carbons (Fsp3) is 0.346. The van der Waals surface area contributed by atoms with Crippen LogP contribution in [0.2, 0.25) is 0 Å². The maximum absolute atomic E-state index is 6.05. The zero-order chi connectivity index (χ0) is 23.9.